The minimum absolute atomic E-state index is 0.0961. The Labute approximate surface area is 118 Å². The first-order chi connectivity index (χ1) is 9.52. The van der Waals surface area contributed by atoms with Gasteiger partial charge in [-0.2, -0.15) is 0 Å². The van der Waals surface area contributed by atoms with Crippen molar-refractivity contribution in [1.82, 2.24) is 0 Å². The predicted octanol–water partition coefficient (Wildman–Crippen LogP) is 3.42. The fraction of sp³-hybridized carbons (Fsp3) is 0.200. The molecule has 0 bridgehead atoms. The van der Waals surface area contributed by atoms with Crippen LogP contribution in [0.25, 0.3) is 21.9 Å². The summed E-state index contributed by atoms with van der Waals surface area (Å²) >= 11 is 6.10. The van der Waals surface area contributed by atoms with Gasteiger partial charge in [0, 0.05) is 11.6 Å². The number of fused-ring (bicyclic) bond motifs is 3. The highest BCUT2D eigenvalue weighted by Gasteiger charge is 2.16. The van der Waals surface area contributed by atoms with E-state index in [9.17, 15) is 9.59 Å². The van der Waals surface area contributed by atoms with E-state index >= 15 is 0 Å². The molecular weight excluding hydrogens is 280 g/mol. The molecule has 0 N–H and O–H groups in total. The molecule has 2 aromatic heterocycles. The van der Waals surface area contributed by atoms with Crippen LogP contribution in [0.1, 0.15) is 18.2 Å². The van der Waals surface area contributed by atoms with Crippen molar-refractivity contribution in [3.8, 4) is 0 Å². The average molecular weight is 291 g/mol. The molecule has 3 rings (SSSR count). The zero-order valence-electron chi connectivity index (χ0n) is 11.0. The van der Waals surface area contributed by atoms with E-state index in [2.05, 4.69) is 0 Å². The number of hydrogen-bond acceptors (Lipinski definition) is 4. The zero-order valence-corrected chi connectivity index (χ0v) is 11.7. The van der Waals surface area contributed by atoms with Crippen LogP contribution < -0.4 is 11.1 Å². The Kier molecular flexibility index (Phi) is 2.91. The fourth-order valence-electron chi connectivity index (χ4n) is 2.40. The van der Waals surface area contributed by atoms with Gasteiger partial charge in [0.1, 0.15) is 11.3 Å². The Bertz CT molecular complexity index is 950. The number of hydrogen-bond donors (Lipinski definition) is 0. The molecule has 1 aromatic carbocycles. The molecule has 2 heterocycles. The normalized spacial score (nSPS) is 11.3. The lowest BCUT2D eigenvalue weighted by molar-refractivity contribution is 0.549. The molecule has 0 unspecified atom stereocenters. The summed E-state index contributed by atoms with van der Waals surface area (Å²) in [5.74, 6) is 0.569. The van der Waals surface area contributed by atoms with Gasteiger partial charge in [0.05, 0.1) is 15.8 Å². The Hall–Kier alpha value is -2.07. The van der Waals surface area contributed by atoms with Crippen molar-refractivity contribution < 1.29 is 8.83 Å². The molecule has 0 amide bonds. The van der Waals surface area contributed by atoms with Crippen molar-refractivity contribution in [2.45, 2.75) is 20.3 Å². The van der Waals surface area contributed by atoms with Crippen LogP contribution in [0.4, 0.5) is 0 Å². The van der Waals surface area contributed by atoms with Crippen LogP contribution in [0.5, 0.6) is 0 Å². The zero-order chi connectivity index (χ0) is 14.4. The first kappa shape index (κ1) is 12.9. The Balaban J connectivity index is 2.63. The summed E-state index contributed by atoms with van der Waals surface area (Å²) in [6.07, 6.45) is 0.587. The van der Waals surface area contributed by atoms with Crippen molar-refractivity contribution in [3.05, 3.63) is 55.2 Å². The molecule has 0 saturated carbocycles. The van der Waals surface area contributed by atoms with Crippen LogP contribution in [0.15, 0.2) is 36.6 Å². The minimum atomic E-state index is -0.497. The van der Waals surface area contributed by atoms with Crippen molar-refractivity contribution in [2.75, 3.05) is 0 Å². The second kappa shape index (κ2) is 4.49. The van der Waals surface area contributed by atoms with Gasteiger partial charge < -0.3 is 8.83 Å². The molecule has 0 aliphatic carbocycles. The maximum atomic E-state index is 12.4. The van der Waals surface area contributed by atoms with E-state index in [0.29, 0.717) is 34.1 Å². The molecule has 0 aliphatic rings. The van der Waals surface area contributed by atoms with E-state index in [0.717, 1.165) is 0 Å². The van der Waals surface area contributed by atoms with Crippen molar-refractivity contribution in [1.29, 1.82) is 0 Å². The highest BCUT2D eigenvalue weighted by molar-refractivity contribution is 6.36. The molecule has 4 nitrogen and oxygen atoms in total. The molecule has 0 fully saturated rings. The van der Waals surface area contributed by atoms with Crippen LogP contribution >= 0.6 is 11.6 Å². The smallest absolute Gasteiger partial charge is 0.336 e. The van der Waals surface area contributed by atoms with Gasteiger partial charge in [-0.15, -0.1) is 0 Å². The lowest BCUT2D eigenvalue weighted by Gasteiger charge is -2.07. The van der Waals surface area contributed by atoms with Crippen LogP contribution in [0, 0.1) is 6.92 Å². The average Bonchev–Trinajstić information content (AvgIpc) is 2.41. The van der Waals surface area contributed by atoms with E-state index in [1.54, 1.807) is 13.0 Å². The first-order valence-electron chi connectivity index (χ1n) is 6.21. The lowest BCUT2D eigenvalue weighted by atomic mass is 10.1. The van der Waals surface area contributed by atoms with Gasteiger partial charge in [-0.1, -0.05) is 18.5 Å². The summed E-state index contributed by atoms with van der Waals surface area (Å²) in [6.45, 7) is 3.64. The second-order valence-corrected chi connectivity index (χ2v) is 4.96. The predicted molar refractivity (Wildman–Crippen MR) is 77.7 cm³/mol. The standard InChI is InChI=1S/C15H11ClO4/c1-3-8-7(2)19-14-9-4-5-12(17)20-15(9)11(16)6-10(14)13(8)18/h4-6H,3H2,1-2H3. The van der Waals surface area contributed by atoms with Gasteiger partial charge in [-0.05, 0) is 25.5 Å². The van der Waals surface area contributed by atoms with Crippen LogP contribution in [-0.4, -0.2) is 0 Å². The van der Waals surface area contributed by atoms with Crippen molar-refractivity contribution >= 4 is 33.5 Å². The molecule has 3 aromatic rings. The molecule has 0 spiro atoms. The third-order valence-electron chi connectivity index (χ3n) is 3.36. The summed E-state index contributed by atoms with van der Waals surface area (Å²) in [7, 11) is 0. The largest absolute Gasteiger partial charge is 0.460 e. The van der Waals surface area contributed by atoms with Crippen LogP contribution in [0.2, 0.25) is 5.02 Å². The Morgan fingerprint density at radius 3 is 2.55 bits per heavy atom. The number of aryl methyl sites for hydroxylation is 1. The highest BCUT2D eigenvalue weighted by atomic mass is 35.5. The van der Waals surface area contributed by atoms with Crippen LogP contribution in [0.3, 0.4) is 0 Å². The Morgan fingerprint density at radius 1 is 1.10 bits per heavy atom. The van der Waals surface area contributed by atoms with E-state index in [1.165, 1.54) is 12.1 Å². The molecule has 0 aliphatic heterocycles. The van der Waals surface area contributed by atoms with E-state index in [-0.39, 0.29) is 16.0 Å². The van der Waals surface area contributed by atoms with Gasteiger partial charge in [-0.25, -0.2) is 4.79 Å². The molecular formula is C15H11ClO4. The lowest BCUT2D eigenvalue weighted by Crippen LogP contribution is -2.10. The van der Waals surface area contributed by atoms with E-state index in [4.69, 9.17) is 20.4 Å². The molecule has 5 heteroatoms. The van der Waals surface area contributed by atoms with E-state index < -0.39 is 5.63 Å². The summed E-state index contributed by atoms with van der Waals surface area (Å²) in [5.41, 5.74) is 0.667. The maximum absolute atomic E-state index is 12.4. The van der Waals surface area contributed by atoms with Gasteiger partial charge >= 0.3 is 5.63 Å². The van der Waals surface area contributed by atoms with Gasteiger partial charge in [0.25, 0.3) is 0 Å². The first-order valence-corrected chi connectivity index (χ1v) is 6.59. The Morgan fingerprint density at radius 2 is 1.85 bits per heavy atom. The number of rotatable bonds is 1. The third kappa shape index (κ3) is 1.76. The fourth-order valence-corrected chi connectivity index (χ4v) is 2.65. The molecule has 0 saturated heterocycles. The molecule has 0 radical (unpaired) electrons. The quantitative estimate of drug-likeness (QED) is 0.509. The summed E-state index contributed by atoms with van der Waals surface area (Å²) in [5, 5.41) is 1.15. The van der Waals surface area contributed by atoms with E-state index in [1.807, 2.05) is 6.92 Å². The monoisotopic (exact) mass is 290 g/mol. The second-order valence-electron chi connectivity index (χ2n) is 4.55. The SMILES string of the molecule is CCc1c(C)oc2c(cc(Cl)c3oc(=O)ccc32)c1=O. The molecule has 20 heavy (non-hydrogen) atoms. The van der Waals surface area contributed by atoms with Gasteiger partial charge in [-0.3, -0.25) is 4.79 Å². The maximum Gasteiger partial charge on any atom is 0.336 e. The summed E-state index contributed by atoms with van der Waals surface area (Å²) in [4.78, 5) is 23.7. The third-order valence-corrected chi connectivity index (χ3v) is 3.64. The minimum Gasteiger partial charge on any atom is -0.460 e. The molecule has 0 atom stereocenters. The number of halogens is 1. The topological polar surface area (TPSA) is 60.4 Å². The number of benzene rings is 1. The van der Waals surface area contributed by atoms with Crippen LogP contribution in [-0.2, 0) is 6.42 Å². The van der Waals surface area contributed by atoms with Crippen molar-refractivity contribution in [3.63, 3.8) is 0 Å². The highest BCUT2D eigenvalue weighted by Crippen LogP contribution is 2.30. The summed E-state index contributed by atoms with van der Waals surface area (Å²) < 4.78 is 10.8. The molecule has 102 valence electrons. The van der Waals surface area contributed by atoms with Gasteiger partial charge in [0.15, 0.2) is 11.0 Å². The van der Waals surface area contributed by atoms with Crippen molar-refractivity contribution in [2.24, 2.45) is 0 Å². The van der Waals surface area contributed by atoms with Gasteiger partial charge in [0.2, 0.25) is 0 Å². The summed E-state index contributed by atoms with van der Waals surface area (Å²) in [6, 6.07) is 4.33.